The van der Waals surface area contributed by atoms with Crippen LogP contribution >= 0.6 is 0 Å². The molecule has 24 heavy (non-hydrogen) atoms. The largest absolute Gasteiger partial charge is 0.381 e. The standard InChI is InChI=1S/C18H24N4O2/c19-17(23)18(6-10-24-11-7-18)14-20-12-16-21-8-9-22(16)13-15-4-2-1-3-5-15/h1-5,8-9,20H,6-7,10-14H2,(H2,19,23). The van der Waals surface area contributed by atoms with E-state index in [1.165, 1.54) is 5.56 Å². The third kappa shape index (κ3) is 3.83. The third-order valence-corrected chi connectivity index (χ3v) is 4.72. The van der Waals surface area contributed by atoms with E-state index in [9.17, 15) is 4.79 Å². The van der Waals surface area contributed by atoms with Crippen LogP contribution in [0, 0.1) is 5.41 Å². The van der Waals surface area contributed by atoms with Crippen molar-refractivity contribution in [3.05, 3.63) is 54.1 Å². The average Bonchev–Trinajstić information content (AvgIpc) is 3.04. The Morgan fingerprint density at radius 2 is 2.04 bits per heavy atom. The number of nitrogens with one attached hydrogen (secondary N) is 1. The van der Waals surface area contributed by atoms with Gasteiger partial charge in [-0.3, -0.25) is 4.79 Å². The number of benzene rings is 1. The lowest BCUT2D eigenvalue weighted by Gasteiger charge is -2.34. The molecule has 3 rings (SSSR count). The molecule has 3 N–H and O–H groups in total. The molecule has 0 bridgehead atoms. The fourth-order valence-electron chi connectivity index (χ4n) is 3.12. The fourth-order valence-corrected chi connectivity index (χ4v) is 3.12. The maximum atomic E-state index is 11.9. The lowest BCUT2D eigenvalue weighted by Crippen LogP contribution is -2.48. The topological polar surface area (TPSA) is 82.2 Å². The average molecular weight is 328 g/mol. The maximum absolute atomic E-state index is 11.9. The summed E-state index contributed by atoms with van der Waals surface area (Å²) >= 11 is 0. The summed E-state index contributed by atoms with van der Waals surface area (Å²) in [5.74, 6) is 0.705. The van der Waals surface area contributed by atoms with Crippen molar-refractivity contribution in [2.24, 2.45) is 11.1 Å². The quantitative estimate of drug-likeness (QED) is 0.803. The van der Waals surface area contributed by atoms with Crippen LogP contribution in [0.15, 0.2) is 42.7 Å². The van der Waals surface area contributed by atoms with E-state index in [-0.39, 0.29) is 5.91 Å². The van der Waals surface area contributed by atoms with E-state index in [2.05, 4.69) is 27.0 Å². The predicted octanol–water partition coefficient (Wildman–Crippen LogP) is 1.30. The van der Waals surface area contributed by atoms with Gasteiger partial charge in [-0.2, -0.15) is 0 Å². The van der Waals surface area contributed by atoms with E-state index in [0.29, 0.717) is 39.1 Å². The van der Waals surface area contributed by atoms with E-state index in [0.717, 1.165) is 12.4 Å². The molecule has 0 aliphatic carbocycles. The fraction of sp³-hybridized carbons (Fsp3) is 0.444. The minimum atomic E-state index is -0.505. The van der Waals surface area contributed by atoms with Crippen LogP contribution in [0.4, 0.5) is 0 Å². The molecule has 1 aliphatic heterocycles. The molecular weight excluding hydrogens is 304 g/mol. The highest BCUT2D eigenvalue weighted by Crippen LogP contribution is 2.29. The summed E-state index contributed by atoms with van der Waals surface area (Å²) in [7, 11) is 0. The highest BCUT2D eigenvalue weighted by Gasteiger charge is 2.38. The van der Waals surface area contributed by atoms with Crippen LogP contribution in [0.25, 0.3) is 0 Å². The van der Waals surface area contributed by atoms with Crippen molar-refractivity contribution in [2.75, 3.05) is 19.8 Å². The Hall–Kier alpha value is -2.18. The van der Waals surface area contributed by atoms with Crippen LogP contribution < -0.4 is 11.1 Å². The zero-order valence-electron chi connectivity index (χ0n) is 13.8. The van der Waals surface area contributed by atoms with Gasteiger partial charge in [0.05, 0.1) is 12.0 Å². The Morgan fingerprint density at radius 1 is 1.29 bits per heavy atom. The van der Waals surface area contributed by atoms with Gasteiger partial charge in [0.15, 0.2) is 0 Å². The first-order chi connectivity index (χ1) is 11.7. The number of carbonyl (C=O) groups is 1. The van der Waals surface area contributed by atoms with Crippen molar-refractivity contribution < 1.29 is 9.53 Å². The SMILES string of the molecule is NC(=O)C1(CNCc2nccn2Cc2ccccc2)CCOCC1. The van der Waals surface area contributed by atoms with Crippen LogP contribution in [-0.2, 0) is 22.6 Å². The number of carbonyl (C=O) groups excluding carboxylic acids is 1. The monoisotopic (exact) mass is 328 g/mol. The van der Waals surface area contributed by atoms with Gasteiger partial charge in [-0.15, -0.1) is 0 Å². The van der Waals surface area contributed by atoms with E-state index >= 15 is 0 Å². The van der Waals surface area contributed by atoms with Gasteiger partial charge in [0.1, 0.15) is 5.82 Å². The number of nitrogens with zero attached hydrogens (tertiary/aromatic N) is 2. The van der Waals surface area contributed by atoms with E-state index in [1.807, 2.05) is 24.4 Å². The number of ether oxygens (including phenoxy) is 1. The van der Waals surface area contributed by atoms with Crippen molar-refractivity contribution in [1.29, 1.82) is 0 Å². The second-order valence-corrected chi connectivity index (χ2v) is 6.32. The first-order valence-corrected chi connectivity index (χ1v) is 8.32. The molecule has 0 atom stereocenters. The van der Waals surface area contributed by atoms with Gasteiger partial charge in [0.25, 0.3) is 0 Å². The number of amides is 1. The number of hydrogen-bond acceptors (Lipinski definition) is 4. The normalized spacial score (nSPS) is 16.8. The number of hydrogen-bond donors (Lipinski definition) is 2. The molecule has 0 spiro atoms. The smallest absolute Gasteiger partial charge is 0.225 e. The summed E-state index contributed by atoms with van der Waals surface area (Å²) in [5, 5.41) is 3.37. The molecule has 2 heterocycles. The highest BCUT2D eigenvalue weighted by molar-refractivity contribution is 5.81. The van der Waals surface area contributed by atoms with Crippen LogP contribution in [-0.4, -0.2) is 35.2 Å². The Bertz CT molecular complexity index is 663. The van der Waals surface area contributed by atoms with Crippen LogP contribution in [0.1, 0.15) is 24.2 Å². The Kier molecular flexibility index (Phi) is 5.27. The Balaban J connectivity index is 1.59. The summed E-state index contributed by atoms with van der Waals surface area (Å²) < 4.78 is 7.47. The minimum absolute atomic E-state index is 0.245. The van der Waals surface area contributed by atoms with Crippen molar-refractivity contribution in [3.8, 4) is 0 Å². The zero-order chi connectivity index (χ0) is 16.8. The van der Waals surface area contributed by atoms with Gasteiger partial charge in [-0.25, -0.2) is 4.98 Å². The summed E-state index contributed by atoms with van der Waals surface area (Å²) in [6.07, 6.45) is 5.13. The number of nitrogens with two attached hydrogens (primary N) is 1. The van der Waals surface area contributed by atoms with Gasteiger partial charge in [0, 0.05) is 38.7 Å². The van der Waals surface area contributed by atoms with Crippen molar-refractivity contribution in [1.82, 2.24) is 14.9 Å². The molecule has 6 nitrogen and oxygen atoms in total. The maximum Gasteiger partial charge on any atom is 0.225 e. The molecule has 128 valence electrons. The lowest BCUT2D eigenvalue weighted by atomic mass is 9.79. The minimum Gasteiger partial charge on any atom is -0.381 e. The number of imidazole rings is 1. The van der Waals surface area contributed by atoms with Crippen molar-refractivity contribution in [3.63, 3.8) is 0 Å². The van der Waals surface area contributed by atoms with Gasteiger partial charge in [-0.1, -0.05) is 30.3 Å². The molecule has 1 aromatic carbocycles. The molecule has 0 saturated carbocycles. The predicted molar refractivity (Wildman–Crippen MR) is 91.2 cm³/mol. The molecule has 1 saturated heterocycles. The molecule has 1 fully saturated rings. The number of rotatable bonds is 7. The first kappa shape index (κ1) is 16.7. The summed E-state index contributed by atoms with van der Waals surface area (Å²) in [6.45, 7) is 3.13. The summed E-state index contributed by atoms with van der Waals surface area (Å²) in [6, 6.07) is 10.3. The van der Waals surface area contributed by atoms with E-state index in [1.54, 1.807) is 6.20 Å². The number of aromatic nitrogens is 2. The Morgan fingerprint density at radius 3 is 2.75 bits per heavy atom. The first-order valence-electron chi connectivity index (χ1n) is 8.32. The molecule has 2 aromatic rings. The second-order valence-electron chi connectivity index (χ2n) is 6.32. The molecule has 1 aliphatic rings. The molecule has 1 aromatic heterocycles. The van der Waals surface area contributed by atoms with Crippen molar-refractivity contribution >= 4 is 5.91 Å². The van der Waals surface area contributed by atoms with Gasteiger partial charge in [-0.05, 0) is 18.4 Å². The Labute approximate surface area is 142 Å². The molecule has 1 amide bonds. The van der Waals surface area contributed by atoms with Crippen LogP contribution in [0.5, 0.6) is 0 Å². The number of primary amides is 1. The van der Waals surface area contributed by atoms with E-state index in [4.69, 9.17) is 10.5 Å². The third-order valence-electron chi connectivity index (χ3n) is 4.72. The zero-order valence-corrected chi connectivity index (χ0v) is 13.8. The van der Waals surface area contributed by atoms with Crippen LogP contribution in [0.3, 0.4) is 0 Å². The van der Waals surface area contributed by atoms with Gasteiger partial charge < -0.3 is 20.4 Å². The molecule has 0 radical (unpaired) electrons. The summed E-state index contributed by atoms with van der Waals surface area (Å²) in [5.41, 5.74) is 6.36. The lowest BCUT2D eigenvalue weighted by molar-refractivity contribution is -0.132. The second kappa shape index (κ2) is 7.59. The van der Waals surface area contributed by atoms with Gasteiger partial charge >= 0.3 is 0 Å². The molecule has 6 heteroatoms. The van der Waals surface area contributed by atoms with E-state index < -0.39 is 5.41 Å². The van der Waals surface area contributed by atoms with Crippen molar-refractivity contribution in [2.45, 2.75) is 25.9 Å². The van der Waals surface area contributed by atoms with Gasteiger partial charge in [0.2, 0.25) is 5.91 Å². The summed E-state index contributed by atoms with van der Waals surface area (Å²) in [4.78, 5) is 16.3. The van der Waals surface area contributed by atoms with Crippen LogP contribution in [0.2, 0.25) is 0 Å². The highest BCUT2D eigenvalue weighted by atomic mass is 16.5. The molecule has 0 unspecified atom stereocenters. The molecular formula is C18H24N4O2.